The molecule has 1 saturated heterocycles. The summed E-state index contributed by atoms with van der Waals surface area (Å²) < 4.78 is 10.7. The molecule has 0 radical (unpaired) electrons. The van der Waals surface area contributed by atoms with Crippen molar-refractivity contribution < 1.29 is 29.3 Å². The topological polar surface area (TPSA) is 96.3 Å². The van der Waals surface area contributed by atoms with Gasteiger partial charge in [-0.1, -0.05) is 30.3 Å². The molecule has 1 aliphatic rings. The first-order chi connectivity index (χ1) is 13.9. The molecule has 1 fully saturated rings. The summed E-state index contributed by atoms with van der Waals surface area (Å²) in [6.07, 6.45) is -0.864. The number of carbonyl (C=O) groups is 2. The zero-order chi connectivity index (χ0) is 21.1. The van der Waals surface area contributed by atoms with Crippen molar-refractivity contribution in [2.75, 3.05) is 20.8 Å². The molecule has 2 aromatic rings. The van der Waals surface area contributed by atoms with E-state index in [9.17, 15) is 19.8 Å². The molecule has 2 aromatic carbocycles. The predicted octanol–water partition coefficient (Wildman–Crippen LogP) is 2.51. The predicted molar refractivity (Wildman–Crippen MR) is 107 cm³/mol. The van der Waals surface area contributed by atoms with E-state index in [1.54, 1.807) is 48.5 Å². The largest absolute Gasteiger partial charge is 0.507 e. The van der Waals surface area contributed by atoms with Gasteiger partial charge in [-0.25, -0.2) is 0 Å². The van der Waals surface area contributed by atoms with Gasteiger partial charge in [-0.15, -0.1) is 0 Å². The molecular weight excluding hydrogens is 374 g/mol. The standard InChI is InChI=1S/C22H23NO6/c1-13(24)12-23-19(16-10-9-15(28-2)11-17(16)29-3)18(21(26)22(23)27)20(25)14-7-5-4-6-8-14/h4-11,13,19,24-25H,12H2,1-3H3/t13-,19+/m1/s1. The van der Waals surface area contributed by atoms with Gasteiger partial charge >= 0.3 is 0 Å². The summed E-state index contributed by atoms with van der Waals surface area (Å²) in [6.45, 7) is 1.45. The minimum Gasteiger partial charge on any atom is -0.507 e. The zero-order valence-corrected chi connectivity index (χ0v) is 16.5. The highest BCUT2D eigenvalue weighted by Crippen LogP contribution is 2.43. The summed E-state index contributed by atoms with van der Waals surface area (Å²) in [4.78, 5) is 26.9. The summed E-state index contributed by atoms with van der Waals surface area (Å²) in [7, 11) is 2.99. The minimum absolute atomic E-state index is 0.0506. The number of hydrogen-bond acceptors (Lipinski definition) is 6. The van der Waals surface area contributed by atoms with Gasteiger partial charge in [0.1, 0.15) is 17.3 Å². The molecule has 29 heavy (non-hydrogen) atoms. The maximum absolute atomic E-state index is 12.9. The first-order valence-electron chi connectivity index (χ1n) is 9.12. The number of aliphatic hydroxyl groups excluding tert-OH is 2. The third-order valence-corrected chi connectivity index (χ3v) is 4.78. The van der Waals surface area contributed by atoms with E-state index < -0.39 is 23.8 Å². The number of amides is 1. The van der Waals surface area contributed by atoms with E-state index in [2.05, 4.69) is 0 Å². The molecule has 152 valence electrons. The number of likely N-dealkylation sites (tertiary alicyclic amines) is 1. The van der Waals surface area contributed by atoms with E-state index in [4.69, 9.17) is 9.47 Å². The maximum Gasteiger partial charge on any atom is 0.295 e. The van der Waals surface area contributed by atoms with Gasteiger partial charge in [0.2, 0.25) is 0 Å². The van der Waals surface area contributed by atoms with Gasteiger partial charge in [-0.05, 0) is 19.1 Å². The number of Topliss-reactive ketones (excluding diaryl/α,β-unsaturated/α-hetero) is 1. The van der Waals surface area contributed by atoms with E-state index in [1.807, 2.05) is 0 Å². The summed E-state index contributed by atoms with van der Waals surface area (Å²) >= 11 is 0. The molecular formula is C22H23NO6. The lowest BCUT2D eigenvalue weighted by Gasteiger charge is -2.27. The Kier molecular flexibility index (Phi) is 5.89. The second-order valence-electron chi connectivity index (χ2n) is 6.77. The molecule has 0 aliphatic carbocycles. The fourth-order valence-electron chi connectivity index (χ4n) is 3.47. The molecule has 1 amide bonds. The highest BCUT2D eigenvalue weighted by molar-refractivity contribution is 6.46. The van der Waals surface area contributed by atoms with Crippen LogP contribution in [0.4, 0.5) is 0 Å². The minimum atomic E-state index is -0.911. The van der Waals surface area contributed by atoms with Gasteiger partial charge in [0.25, 0.3) is 11.7 Å². The van der Waals surface area contributed by atoms with E-state index in [1.165, 1.54) is 26.0 Å². The van der Waals surface area contributed by atoms with E-state index in [0.29, 0.717) is 22.6 Å². The van der Waals surface area contributed by atoms with Crippen molar-refractivity contribution in [2.24, 2.45) is 0 Å². The number of ether oxygens (including phenoxy) is 2. The zero-order valence-electron chi connectivity index (χ0n) is 16.5. The Labute approximate surface area is 168 Å². The lowest BCUT2D eigenvalue weighted by atomic mass is 9.94. The third-order valence-electron chi connectivity index (χ3n) is 4.78. The average Bonchev–Trinajstić information content (AvgIpc) is 2.97. The van der Waals surface area contributed by atoms with Crippen molar-refractivity contribution in [3.05, 3.63) is 65.2 Å². The number of rotatable bonds is 6. The van der Waals surface area contributed by atoms with Gasteiger partial charge in [0.05, 0.1) is 31.9 Å². The van der Waals surface area contributed by atoms with Crippen LogP contribution in [0, 0.1) is 0 Å². The van der Waals surface area contributed by atoms with Crippen molar-refractivity contribution in [1.29, 1.82) is 0 Å². The normalized spacial score (nSPS) is 19.3. The molecule has 7 heteroatoms. The van der Waals surface area contributed by atoms with Gasteiger partial charge in [-0.3, -0.25) is 9.59 Å². The Balaban J connectivity index is 2.24. The Morgan fingerprint density at radius 1 is 1.10 bits per heavy atom. The monoisotopic (exact) mass is 397 g/mol. The van der Waals surface area contributed by atoms with Crippen LogP contribution in [0.3, 0.4) is 0 Å². The molecule has 0 bridgehead atoms. The number of β-amino-alcohol motifs (C(OH)–C–C–N with tert-alkyl or cyclic N) is 1. The van der Waals surface area contributed by atoms with Crippen LogP contribution in [0.2, 0.25) is 0 Å². The molecule has 0 unspecified atom stereocenters. The average molecular weight is 397 g/mol. The molecule has 1 aliphatic heterocycles. The molecule has 2 atom stereocenters. The number of methoxy groups -OCH3 is 2. The number of hydrogen-bond donors (Lipinski definition) is 2. The van der Waals surface area contributed by atoms with E-state index in [-0.39, 0.29) is 17.9 Å². The number of aliphatic hydroxyl groups is 2. The summed E-state index contributed by atoms with van der Waals surface area (Å²) in [5.74, 6) is -0.937. The van der Waals surface area contributed by atoms with Crippen LogP contribution >= 0.6 is 0 Å². The number of nitrogens with zero attached hydrogens (tertiary/aromatic N) is 1. The van der Waals surface area contributed by atoms with E-state index in [0.717, 1.165) is 0 Å². The first-order valence-corrected chi connectivity index (χ1v) is 9.12. The molecule has 2 N–H and O–H groups in total. The van der Waals surface area contributed by atoms with Gasteiger partial charge in [0, 0.05) is 23.7 Å². The Bertz CT molecular complexity index is 951. The van der Waals surface area contributed by atoms with Crippen LogP contribution in [0.25, 0.3) is 5.76 Å². The van der Waals surface area contributed by atoms with Crippen LogP contribution < -0.4 is 9.47 Å². The van der Waals surface area contributed by atoms with Crippen LogP contribution in [-0.2, 0) is 9.59 Å². The fourth-order valence-corrected chi connectivity index (χ4v) is 3.47. The van der Waals surface area contributed by atoms with Gasteiger partial charge in [0.15, 0.2) is 0 Å². The summed E-state index contributed by atoms with van der Waals surface area (Å²) in [6, 6.07) is 12.6. The van der Waals surface area contributed by atoms with Crippen LogP contribution in [0.5, 0.6) is 11.5 Å². The molecule has 0 spiro atoms. The van der Waals surface area contributed by atoms with Crippen molar-refractivity contribution >= 4 is 17.4 Å². The van der Waals surface area contributed by atoms with Crippen molar-refractivity contribution in [1.82, 2.24) is 4.90 Å². The highest BCUT2D eigenvalue weighted by Gasteiger charge is 2.47. The summed E-state index contributed by atoms with van der Waals surface area (Å²) in [5, 5.41) is 20.8. The Morgan fingerprint density at radius 3 is 2.38 bits per heavy atom. The Hall–Kier alpha value is -3.32. The van der Waals surface area contributed by atoms with E-state index >= 15 is 0 Å². The molecule has 3 rings (SSSR count). The number of ketones is 1. The smallest absolute Gasteiger partial charge is 0.295 e. The number of carbonyl (C=O) groups excluding carboxylic acids is 2. The third kappa shape index (κ3) is 3.82. The second-order valence-corrected chi connectivity index (χ2v) is 6.77. The summed E-state index contributed by atoms with van der Waals surface area (Å²) in [5.41, 5.74) is 0.871. The van der Waals surface area contributed by atoms with Gasteiger partial charge < -0.3 is 24.6 Å². The van der Waals surface area contributed by atoms with Crippen molar-refractivity contribution in [3.8, 4) is 11.5 Å². The highest BCUT2D eigenvalue weighted by atomic mass is 16.5. The molecule has 7 nitrogen and oxygen atoms in total. The number of benzene rings is 2. The van der Waals surface area contributed by atoms with Gasteiger partial charge in [-0.2, -0.15) is 0 Å². The SMILES string of the molecule is COc1ccc([C@H]2C(=C(O)c3ccccc3)C(=O)C(=O)N2C[C@@H](C)O)c(OC)c1. The maximum atomic E-state index is 12.9. The lowest BCUT2D eigenvalue weighted by Crippen LogP contribution is -2.35. The van der Waals surface area contributed by atoms with Crippen LogP contribution in [-0.4, -0.2) is 53.7 Å². The second kappa shape index (κ2) is 8.36. The van der Waals surface area contributed by atoms with Crippen molar-refractivity contribution in [3.63, 3.8) is 0 Å². The van der Waals surface area contributed by atoms with Crippen LogP contribution in [0.15, 0.2) is 54.1 Å². The quantitative estimate of drug-likeness (QED) is 0.442. The Morgan fingerprint density at radius 2 is 1.79 bits per heavy atom. The molecule has 0 aromatic heterocycles. The molecule has 0 saturated carbocycles. The fraction of sp³-hybridized carbons (Fsp3) is 0.273. The van der Waals surface area contributed by atoms with Crippen molar-refractivity contribution in [2.45, 2.75) is 19.1 Å². The first kappa shape index (κ1) is 20.4. The van der Waals surface area contributed by atoms with Crippen LogP contribution in [0.1, 0.15) is 24.1 Å². The lowest BCUT2D eigenvalue weighted by molar-refractivity contribution is -0.140. The molecule has 1 heterocycles.